The van der Waals surface area contributed by atoms with E-state index in [1.54, 1.807) is 24.9 Å². The minimum Gasteiger partial charge on any atom is -2.00 e. The summed E-state index contributed by atoms with van der Waals surface area (Å²) < 4.78 is 0. The Hall–Kier alpha value is -4.22. The smallest absolute Gasteiger partial charge is 2.00 e. The van der Waals surface area contributed by atoms with Gasteiger partial charge in [-0.05, 0) is 136 Å². The minimum absolute atomic E-state index is 0. The Bertz CT molecular complexity index is 2530. The van der Waals surface area contributed by atoms with E-state index in [0.29, 0.717) is 22.3 Å². The molecule has 0 N–H and O–H groups in total. The van der Waals surface area contributed by atoms with E-state index in [1.165, 1.54) is 0 Å². The van der Waals surface area contributed by atoms with Gasteiger partial charge in [0.2, 0.25) is 0 Å². The molecule has 0 heterocycles. The van der Waals surface area contributed by atoms with Crippen molar-refractivity contribution in [2.75, 3.05) is 0 Å². The Balaban J connectivity index is 0.000000547. The van der Waals surface area contributed by atoms with Crippen molar-refractivity contribution in [3.8, 4) is 23.0 Å². The molecule has 0 saturated heterocycles. The molecule has 0 bridgehead atoms. The molecule has 448 valence electrons. The van der Waals surface area contributed by atoms with Crippen LogP contribution in [0.1, 0.15) is 284 Å². The molecular weight excluding hydrogens is 1050 g/mol. The molecule has 11 heteroatoms. The summed E-state index contributed by atoms with van der Waals surface area (Å²) in [4.78, 5) is 19.9. The second-order valence-electron chi connectivity index (χ2n) is 31.7. The van der Waals surface area contributed by atoms with Gasteiger partial charge in [0.15, 0.2) is 0 Å². The second kappa shape index (κ2) is 28.1. The number of hydrogen-bond donors (Lipinski definition) is 0. The Labute approximate surface area is 525 Å². The van der Waals surface area contributed by atoms with Crippen LogP contribution in [0.3, 0.4) is 0 Å². The second-order valence-corrected chi connectivity index (χ2v) is 31.7. The molecule has 0 aliphatic heterocycles. The van der Waals surface area contributed by atoms with Gasteiger partial charge in [0.05, 0.1) is 24.2 Å². The quantitative estimate of drug-likeness (QED) is 0.126. The molecule has 0 radical (unpaired) electrons. The molecule has 83 heavy (non-hydrogen) atoms. The van der Waals surface area contributed by atoms with E-state index in [1.807, 2.05) is 24.3 Å². The molecule has 2 saturated carbocycles. The van der Waals surface area contributed by atoms with Gasteiger partial charge >= 0.3 is 34.7 Å². The van der Waals surface area contributed by atoms with E-state index in [0.717, 1.165) is 95.9 Å². The number of nitrogens with zero attached hydrogens (tertiary/aromatic N) is 4. The van der Waals surface area contributed by atoms with Crippen molar-refractivity contribution in [3.63, 3.8) is 0 Å². The first-order chi connectivity index (χ1) is 36.4. The fourth-order valence-electron chi connectivity index (χ4n) is 10.5. The summed E-state index contributed by atoms with van der Waals surface area (Å²) in [6.45, 7) is 51.2. The maximum Gasteiger partial charge on any atom is 3.00 e. The first-order valence-electron chi connectivity index (χ1n) is 30.0. The van der Waals surface area contributed by atoms with E-state index < -0.39 is 0 Å². The van der Waals surface area contributed by atoms with E-state index >= 15 is 0 Å². The summed E-state index contributed by atoms with van der Waals surface area (Å²) >= 11 is 0. The van der Waals surface area contributed by atoms with Gasteiger partial charge in [0.1, 0.15) is 0 Å². The topological polar surface area (TPSA) is 170 Å². The van der Waals surface area contributed by atoms with Gasteiger partial charge in [-0.1, -0.05) is 263 Å². The zero-order valence-electron chi connectivity index (χ0n) is 55.9. The largest absolute Gasteiger partial charge is 3.00 e. The molecule has 4 aromatic rings. The van der Waals surface area contributed by atoms with Crippen molar-refractivity contribution in [2.45, 2.75) is 285 Å². The molecule has 2 fully saturated rings. The Morgan fingerprint density at radius 1 is 0.289 bits per heavy atom. The van der Waals surface area contributed by atoms with Crippen LogP contribution < -0.4 is 20.4 Å². The fraction of sp³-hybridized carbons (Fsp3) is 0.611. The molecule has 4 aromatic carbocycles. The summed E-state index contributed by atoms with van der Waals surface area (Å²) in [5.41, 5.74) is 9.24. The summed E-state index contributed by atoms with van der Waals surface area (Å²) in [5, 5.41) is 53.9. The van der Waals surface area contributed by atoms with Crippen LogP contribution in [0.5, 0.6) is 23.0 Å². The SMILES string of the molecule is CC(C)(C)c1cc(C=N[C@H]2CCCC[C@@H]2N=Cc2cc(C(C)(C)C)cc(C(C)(C)C)c2[O-])c([O-])c(C(C)(C)C)c1.CC(C)(C)c1cc(C=N[C@H]2CCCC[C@@H]2N=Cc2cc(C(C)(C)C)cc(C(C)(C)C)c2[O-])c([O-])c(C(C)(C)C)c1.[Al+3].[Al+3].[O-2]. The average Bonchev–Trinajstić information content (AvgIpc) is 3.30. The van der Waals surface area contributed by atoms with Gasteiger partial charge in [-0.3, -0.25) is 20.0 Å². The first-order valence-corrected chi connectivity index (χ1v) is 30.0. The van der Waals surface area contributed by atoms with Crippen LogP contribution in [0, 0.1) is 0 Å². The molecule has 0 aromatic heterocycles. The molecule has 6 rings (SSSR count). The van der Waals surface area contributed by atoms with Gasteiger partial charge in [0.25, 0.3) is 0 Å². The van der Waals surface area contributed by atoms with Gasteiger partial charge in [-0.2, -0.15) is 0 Å². The van der Waals surface area contributed by atoms with Crippen LogP contribution in [0.15, 0.2) is 68.5 Å². The molecule has 0 amide bonds. The third-order valence-electron chi connectivity index (χ3n) is 16.2. The van der Waals surface area contributed by atoms with Crippen LogP contribution >= 0.6 is 0 Å². The van der Waals surface area contributed by atoms with Gasteiger partial charge in [-0.15, -0.1) is 0 Å². The number of hydrogen-bond acceptors (Lipinski definition) is 8. The zero-order chi connectivity index (χ0) is 60.5. The molecule has 2 aliphatic rings. The van der Waals surface area contributed by atoms with Crippen LogP contribution in [-0.2, 0) is 48.8 Å². The van der Waals surface area contributed by atoms with E-state index in [-0.39, 0.29) is 131 Å². The summed E-state index contributed by atoms with van der Waals surface area (Å²) in [7, 11) is 0. The van der Waals surface area contributed by atoms with E-state index in [4.69, 9.17) is 20.0 Å². The van der Waals surface area contributed by atoms with Crippen LogP contribution in [0.25, 0.3) is 0 Å². The number of rotatable bonds is 8. The van der Waals surface area contributed by atoms with Gasteiger partial charge in [0, 0.05) is 24.9 Å². The summed E-state index contributed by atoms with van der Waals surface area (Å²) in [6.07, 6.45) is 15.3. The molecule has 4 atom stereocenters. The Morgan fingerprint density at radius 2 is 0.446 bits per heavy atom. The molecular formula is C72H104Al2N4O5. The van der Waals surface area contributed by atoms with Crippen molar-refractivity contribution in [3.05, 3.63) is 115 Å². The van der Waals surface area contributed by atoms with Crippen molar-refractivity contribution in [2.24, 2.45) is 20.0 Å². The number of benzene rings is 4. The van der Waals surface area contributed by atoms with Crippen molar-refractivity contribution < 1.29 is 25.9 Å². The molecule has 0 spiro atoms. The van der Waals surface area contributed by atoms with E-state index in [9.17, 15) is 20.4 Å². The van der Waals surface area contributed by atoms with Crippen molar-refractivity contribution >= 4 is 59.6 Å². The van der Waals surface area contributed by atoms with Gasteiger partial charge < -0.3 is 25.9 Å². The third-order valence-corrected chi connectivity index (χ3v) is 16.2. The van der Waals surface area contributed by atoms with Crippen molar-refractivity contribution in [1.82, 2.24) is 0 Å². The number of aliphatic imine (C=N–C) groups is 4. The Kier molecular flexibility index (Phi) is 25.3. The van der Waals surface area contributed by atoms with Crippen LogP contribution in [0.4, 0.5) is 0 Å². The first kappa shape index (κ1) is 74.9. The normalized spacial score (nSPS) is 18.9. The van der Waals surface area contributed by atoms with Gasteiger partial charge in [-0.25, -0.2) is 0 Å². The fourth-order valence-corrected chi connectivity index (χ4v) is 10.5. The van der Waals surface area contributed by atoms with E-state index in [2.05, 4.69) is 190 Å². The van der Waals surface area contributed by atoms with Crippen molar-refractivity contribution in [1.29, 1.82) is 0 Å². The van der Waals surface area contributed by atoms with Crippen LogP contribution in [-0.4, -0.2) is 83.7 Å². The zero-order valence-corrected chi connectivity index (χ0v) is 58.2. The summed E-state index contributed by atoms with van der Waals surface area (Å²) in [5.74, 6) is 0.240. The maximum atomic E-state index is 13.5. The average molecular weight is 1160 g/mol. The third kappa shape index (κ3) is 19.9. The monoisotopic (exact) mass is 1160 g/mol. The Morgan fingerprint density at radius 3 is 0.578 bits per heavy atom. The minimum atomic E-state index is -0.248. The summed E-state index contributed by atoms with van der Waals surface area (Å²) in [6, 6.07) is 16.3. The molecule has 2 aliphatic carbocycles. The maximum absolute atomic E-state index is 13.5. The standard InChI is InChI=1S/2C36H54N2O2.2Al.O/c2*1-33(2,3)25-17-23(31(39)27(19-25)35(7,8)9)21-37-29-15-13-14-16-30(29)38-22-24-18-26(34(4,5)6)20-28(32(24)40)36(10,11)12;;;/h2*17-22,29-30,39-40H,13-16H2,1-12H3;;;/q;;2*+3;-2/p-4/t2*29-,30-;;;/m00.../s1. The predicted molar refractivity (Wildman–Crippen MR) is 348 cm³/mol. The predicted octanol–water partition coefficient (Wildman–Crippen LogP) is 14.9. The molecule has 9 nitrogen and oxygen atoms in total. The van der Waals surface area contributed by atoms with Crippen LogP contribution in [0.2, 0.25) is 0 Å². The molecule has 0 unspecified atom stereocenters.